The van der Waals surface area contributed by atoms with E-state index in [0.29, 0.717) is 17.9 Å². The second kappa shape index (κ2) is 5.14. The molecule has 0 fully saturated rings. The maximum Gasteiger partial charge on any atom is 0.414 e. The number of nitrogens with zero attached hydrogens (tertiary/aromatic N) is 2. The molecule has 0 spiro atoms. The van der Waals surface area contributed by atoms with Crippen LogP contribution in [0, 0.1) is 0 Å². The highest BCUT2D eigenvalue weighted by Gasteiger charge is 2.11. The molecule has 2 rings (SSSR count). The Kier molecular flexibility index (Phi) is 3.55. The van der Waals surface area contributed by atoms with Crippen LogP contribution in [0.15, 0.2) is 24.4 Å². The van der Waals surface area contributed by atoms with Gasteiger partial charge >= 0.3 is 6.09 Å². The lowest BCUT2D eigenvalue weighted by atomic mass is 10.2. The molecule has 1 amide bonds. The number of fused-ring (bicyclic) bond motifs is 1. The average Bonchev–Trinajstić information content (AvgIpc) is 2.74. The Labute approximate surface area is 111 Å². The molecule has 100 valence electrons. The predicted molar refractivity (Wildman–Crippen MR) is 72.6 cm³/mol. The summed E-state index contributed by atoms with van der Waals surface area (Å²) in [5.74, 6) is 0.469. The molecular weight excluding hydrogens is 244 g/mol. The first-order valence-electron chi connectivity index (χ1n) is 6.04. The van der Waals surface area contributed by atoms with Crippen molar-refractivity contribution >= 4 is 23.3 Å². The van der Waals surface area contributed by atoms with Crippen LogP contribution in [-0.4, -0.2) is 35.4 Å². The molecule has 0 aliphatic heterocycles. The van der Waals surface area contributed by atoms with Gasteiger partial charge in [0.1, 0.15) is 5.75 Å². The normalized spacial score (nSPS) is 10.5. The third kappa shape index (κ3) is 2.45. The summed E-state index contributed by atoms with van der Waals surface area (Å²) in [6, 6.07) is 5.23. The van der Waals surface area contributed by atoms with Crippen molar-refractivity contribution in [2.24, 2.45) is 7.05 Å². The summed E-state index contributed by atoms with van der Waals surface area (Å²) >= 11 is 0. The van der Waals surface area contributed by atoms with E-state index in [2.05, 4.69) is 0 Å². The summed E-state index contributed by atoms with van der Waals surface area (Å²) in [5.41, 5.74) is 1.48. The fourth-order valence-corrected chi connectivity index (χ4v) is 1.86. The van der Waals surface area contributed by atoms with E-state index in [1.54, 1.807) is 31.4 Å². The second-order valence-corrected chi connectivity index (χ2v) is 4.37. The average molecular weight is 260 g/mol. The molecule has 1 aromatic heterocycles. The molecule has 0 aliphatic carbocycles. The van der Waals surface area contributed by atoms with Crippen LogP contribution in [0.4, 0.5) is 4.79 Å². The molecule has 0 saturated carbocycles. The number of rotatable bonds is 3. The minimum absolute atomic E-state index is 0.397. The van der Waals surface area contributed by atoms with E-state index in [4.69, 9.17) is 4.74 Å². The van der Waals surface area contributed by atoms with Gasteiger partial charge in [-0.3, -0.25) is 4.79 Å². The van der Waals surface area contributed by atoms with Crippen LogP contribution >= 0.6 is 0 Å². The molecule has 0 radical (unpaired) electrons. The van der Waals surface area contributed by atoms with E-state index in [-0.39, 0.29) is 0 Å². The zero-order valence-electron chi connectivity index (χ0n) is 11.2. The second-order valence-electron chi connectivity index (χ2n) is 4.37. The number of hydrogen-bond donors (Lipinski definition) is 0. The summed E-state index contributed by atoms with van der Waals surface area (Å²) in [4.78, 5) is 24.1. The standard InChI is InChI=1S/C14H16N2O3/c1-4-15(2)14(18)19-11-5-6-12-10(9-17)8-16(3)13(12)7-11/h5-9H,4H2,1-3H3. The topological polar surface area (TPSA) is 51.5 Å². The molecule has 19 heavy (non-hydrogen) atoms. The lowest BCUT2D eigenvalue weighted by molar-refractivity contribution is 0.112. The zero-order valence-corrected chi connectivity index (χ0v) is 11.2. The van der Waals surface area contributed by atoms with Crippen molar-refractivity contribution in [3.63, 3.8) is 0 Å². The molecule has 0 bridgehead atoms. The summed E-state index contributed by atoms with van der Waals surface area (Å²) in [6.07, 6.45) is 2.17. The number of aldehydes is 1. The van der Waals surface area contributed by atoms with Crippen LogP contribution in [0.25, 0.3) is 10.9 Å². The van der Waals surface area contributed by atoms with Crippen molar-refractivity contribution in [1.82, 2.24) is 9.47 Å². The van der Waals surface area contributed by atoms with E-state index >= 15 is 0 Å². The molecule has 1 heterocycles. The lowest BCUT2D eigenvalue weighted by Gasteiger charge is -2.14. The number of benzene rings is 1. The summed E-state index contributed by atoms with van der Waals surface area (Å²) in [6.45, 7) is 2.46. The fourth-order valence-electron chi connectivity index (χ4n) is 1.86. The summed E-state index contributed by atoms with van der Waals surface area (Å²) in [5, 5.41) is 0.848. The molecule has 1 aromatic carbocycles. The van der Waals surface area contributed by atoms with Gasteiger partial charge in [0, 0.05) is 43.9 Å². The number of carbonyl (C=O) groups is 2. The van der Waals surface area contributed by atoms with Crippen molar-refractivity contribution in [2.45, 2.75) is 6.92 Å². The Morgan fingerprint density at radius 2 is 2.21 bits per heavy atom. The van der Waals surface area contributed by atoms with Gasteiger partial charge in [0.2, 0.25) is 0 Å². The number of amides is 1. The first-order chi connectivity index (χ1) is 9.06. The van der Waals surface area contributed by atoms with Crippen LogP contribution in [0.1, 0.15) is 17.3 Å². The smallest absolute Gasteiger partial charge is 0.410 e. The maximum atomic E-state index is 11.7. The van der Waals surface area contributed by atoms with Gasteiger partial charge in [-0.05, 0) is 19.1 Å². The Morgan fingerprint density at radius 3 is 2.84 bits per heavy atom. The largest absolute Gasteiger partial charge is 0.414 e. The van der Waals surface area contributed by atoms with Crippen molar-refractivity contribution in [1.29, 1.82) is 0 Å². The Balaban J connectivity index is 2.34. The number of aryl methyl sites for hydroxylation is 1. The highest BCUT2D eigenvalue weighted by Crippen LogP contribution is 2.24. The lowest BCUT2D eigenvalue weighted by Crippen LogP contribution is -2.29. The Hall–Kier alpha value is -2.30. The van der Waals surface area contributed by atoms with Crippen LogP contribution in [0.3, 0.4) is 0 Å². The number of hydrogen-bond acceptors (Lipinski definition) is 3. The molecule has 0 unspecified atom stereocenters. The van der Waals surface area contributed by atoms with Crippen molar-refractivity contribution < 1.29 is 14.3 Å². The molecule has 0 saturated heterocycles. The number of ether oxygens (including phenoxy) is 1. The highest BCUT2D eigenvalue weighted by atomic mass is 16.6. The maximum absolute atomic E-state index is 11.7. The third-order valence-electron chi connectivity index (χ3n) is 3.11. The monoisotopic (exact) mass is 260 g/mol. The predicted octanol–water partition coefficient (Wildman–Crippen LogP) is 2.44. The van der Waals surface area contributed by atoms with Crippen molar-refractivity contribution in [2.75, 3.05) is 13.6 Å². The van der Waals surface area contributed by atoms with Crippen LogP contribution < -0.4 is 4.74 Å². The van der Waals surface area contributed by atoms with Crippen LogP contribution in [0.5, 0.6) is 5.75 Å². The minimum Gasteiger partial charge on any atom is -0.410 e. The first kappa shape index (κ1) is 13.1. The SMILES string of the molecule is CCN(C)C(=O)Oc1ccc2c(C=O)cn(C)c2c1. The van der Waals surface area contributed by atoms with E-state index in [9.17, 15) is 9.59 Å². The quantitative estimate of drug-likeness (QED) is 0.796. The Morgan fingerprint density at radius 1 is 1.47 bits per heavy atom. The van der Waals surface area contributed by atoms with Crippen molar-refractivity contribution in [3.8, 4) is 5.75 Å². The van der Waals surface area contributed by atoms with E-state index < -0.39 is 6.09 Å². The van der Waals surface area contributed by atoms with Gasteiger partial charge < -0.3 is 14.2 Å². The molecule has 0 atom stereocenters. The van der Waals surface area contributed by atoms with E-state index in [1.165, 1.54) is 4.90 Å². The third-order valence-corrected chi connectivity index (χ3v) is 3.11. The number of carbonyl (C=O) groups excluding carboxylic acids is 2. The number of aromatic nitrogens is 1. The Bertz CT molecular complexity index is 631. The van der Waals surface area contributed by atoms with Gasteiger partial charge in [-0.1, -0.05) is 0 Å². The van der Waals surface area contributed by atoms with Gasteiger partial charge in [0.25, 0.3) is 0 Å². The highest BCUT2D eigenvalue weighted by molar-refractivity contribution is 5.98. The van der Waals surface area contributed by atoms with E-state index in [1.807, 2.05) is 18.5 Å². The van der Waals surface area contributed by atoms with Gasteiger partial charge in [-0.25, -0.2) is 4.79 Å². The molecule has 5 heteroatoms. The first-order valence-corrected chi connectivity index (χ1v) is 6.04. The zero-order chi connectivity index (χ0) is 14.0. The molecule has 0 aliphatic rings. The van der Waals surface area contributed by atoms with Crippen LogP contribution in [-0.2, 0) is 7.05 Å². The van der Waals surface area contributed by atoms with Gasteiger partial charge in [-0.2, -0.15) is 0 Å². The fraction of sp³-hybridized carbons (Fsp3) is 0.286. The van der Waals surface area contributed by atoms with Crippen molar-refractivity contribution in [3.05, 3.63) is 30.0 Å². The van der Waals surface area contributed by atoms with Gasteiger partial charge in [0.05, 0.1) is 5.52 Å². The van der Waals surface area contributed by atoms with Gasteiger partial charge in [-0.15, -0.1) is 0 Å². The minimum atomic E-state index is -0.397. The van der Waals surface area contributed by atoms with E-state index in [0.717, 1.165) is 17.2 Å². The molecule has 5 nitrogen and oxygen atoms in total. The molecule has 2 aromatic rings. The summed E-state index contributed by atoms with van der Waals surface area (Å²) in [7, 11) is 3.52. The molecule has 0 N–H and O–H groups in total. The molecular formula is C14H16N2O3. The van der Waals surface area contributed by atoms with Gasteiger partial charge in [0.15, 0.2) is 6.29 Å². The van der Waals surface area contributed by atoms with Crippen LogP contribution in [0.2, 0.25) is 0 Å². The summed E-state index contributed by atoms with van der Waals surface area (Å²) < 4.78 is 7.09.